The number of fused-ring (bicyclic) bond motifs is 1. The molecule has 2 aliphatic rings. The van der Waals surface area contributed by atoms with Gasteiger partial charge in [0.2, 0.25) is 11.8 Å². The highest BCUT2D eigenvalue weighted by Crippen LogP contribution is 2.26. The van der Waals surface area contributed by atoms with E-state index in [2.05, 4.69) is 27.9 Å². The molecule has 190 valence electrons. The zero-order valence-corrected chi connectivity index (χ0v) is 19.5. The minimum Gasteiger partial charge on any atom is -0.389 e. The fourth-order valence-corrected chi connectivity index (χ4v) is 3.68. The third-order valence-electron chi connectivity index (χ3n) is 5.96. The maximum atomic E-state index is 13.8. The molecule has 9 nitrogen and oxygen atoms in total. The van der Waals surface area contributed by atoms with Crippen LogP contribution in [-0.2, 0) is 14.4 Å². The third-order valence-corrected chi connectivity index (χ3v) is 5.96. The summed E-state index contributed by atoms with van der Waals surface area (Å²) >= 11 is 0. The van der Waals surface area contributed by atoms with Gasteiger partial charge in [-0.25, -0.2) is 8.78 Å². The molecule has 11 heteroatoms. The summed E-state index contributed by atoms with van der Waals surface area (Å²) in [6, 6.07) is 1.91. The number of aliphatic hydroxyl groups excluding tert-OH is 1. The van der Waals surface area contributed by atoms with E-state index in [1.54, 1.807) is 0 Å². The van der Waals surface area contributed by atoms with E-state index < -0.39 is 54.3 Å². The number of amides is 3. The monoisotopic (exact) mass is 492 g/mol. The van der Waals surface area contributed by atoms with Crippen LogP contribution in [0.1, 0.15) is 49.5 Å². The van der Waals surface area contributed by atoms with Crippen molar-refractivity contribution < 1.29 is 33.1 Å². The molecule has 1 aliphatic heterocycles. The molecule has 2 atom stereocenters. The Kier molecular flexibility index (Phi) is 8.91. The lowest BCUT2D eigenvalue weighted by atomic mass is 9.90. The van der Waals surface area contributed by atoms with Gasteiger partial charge in [-0.3, -0.25) is 19.2 Å². The maximum absolute atomic E-state index is 13.8. The summed E-state index contributed by atoms with van der Waals surface area (Å²) in [5.74, 6) is -3.33. The number of aromatic nitrogens is 1. The number of carbonyl (C=O) groups is 4. The molecule has 0 radical (unpaired) electrons. The quantitative estimate of drug-likeness (QED) is 0.380. The molecule has 3 amide bonds. The molecule has 0 bridgehead atoms. The predicted octanol–water partition coefficient (Wildman–Crippen LogP) is 1.55. The van der Waals surface area contributed by atoms with E-state index in [1.165, 1.54) is 18.9 Å². The van der Waals surface area contributed by atoms with Crippen molar-refractivity contribution in [3.63, 3.8) is 0 Å². The number of halogens is 2. The lowest BCUT2D eigenvalue weighted by Crippen LogP contribution is -2.49. The Morgan fingerprint density at radius 1 is 1.17 bits per heavy atom. The molecule has 2 fully saturated rings. The van der Waals surface area contributed by atoms with E-state index in [0.29, 0.717) is 19.0 Å². The molecule has 1 saturated carbocycles. The molecule has 2 aromatic rings. The van der Waals surface area contributed by atoms with E-state index >= 15 is 0 Å². The molecule has 35 heavy (non-hydrogen) atoms. The highest BCUT2D eigenvalue weighted by molar-refractivity contribution is 6.00. The van der Waals surface area contributed by atoms with E-state index in [-0.39, 0.29) is 28.9 Å². The summed E-state index contributed by atoms with van der Waals surface area (Å²) in [5.41, 5.74) is -0.121. The Bertz CT molecular complexity index is 1100. The number of Topliss-reactive ketones (excluding diaryl/α,β-unsaturated/α-hetero) is 1. The third kappa shape index (κ3) is 7.57. The average molecular weight is 493 g/mol. The van der Waals surface area contributed by atoms with Crippen LogP contribution in [0.4, 0.5) is 8.78 Å². The van der Waals surface area contributed by atoms with Crippen molar-refractivity contribution in [1.82, 2.24) is 20.9 Å². The van der Waals surface area contributed by atoms with Crippen LogP contribution in [0.3, 0.4) is 0 Å². The van der Waals surface area contributed by atoms with E-state index in [1.807, 2.05) is 0 Å². The van der Waals surface area contributed by atoms with Gasteiger partial charge in [0.15, 0.2) is 5.78 Å². The van der Waals surface area contributed by atoms with E-state index in [0.717, 1.165) is 18.4 Å². The first kappa shape index (κ1) is 26.3. The van der Waals surface area contributed by atoms with Crippen LogP contribution in [0.5, 0.6) is 0 Å². The van der Waals surface area contributed by atoms with Crippen LogP contribution in [-0.4, -0.2) is 59.3 Å². The van der Waals surface area contributed by atoms with Gasteiger partial charge in [0.25, 0.3) is 5.91 Å². The Balaban J connectivity index is 0.000000775. The van der Waals surface area contributed by atoms with Crippen molar-refractivity contribution >= 4 is 34.4 Å². The second-order valence-electron chi connectivity index (χ2n) is 9.01. The van der Waals surface area contributed by atoms with E-state index in [4.69, 9.17) is 5.11 Å². The van der Waals surface area contributed by atoms with Gasteiger partial charge in [0.05, 0.1) is 18.1 Å². The van der Waals surface area contributed by atoms with Crippen LogP contribution >= 0.6 is 0 Å². The Hall–Kier alpha value is -3.34. The van der Waals surface area contributed by atoms with Gasteiger partial charge in [-0.05, 0) is 37.3 Å². The minimum atomic E-state index is -1.08. The number of nitrogens with one attached hydrogen (secondary N) is 4. The topological polar surface area (TPSA) is 140 Å². The SMILES string of the molecule is CC1CC1.O=C(CNC(=O)c1cc2cc(F)cc(F)c2[nH]1)N[C@@H](C[C@@H]1CCCNC1=O)C(=O)CO. The van der Waals surface area contributed by atoms with Crippen molar-refractivity contribution in [2.24, 2.45) is 11.8 Å². The summed E-state index contributed by atoms with van der Waals surface area (Å²) < 4.78 is 27.1. The van der Waals surface area contributed by atoms with E-state index in [9.17, 15) is 28.0 Å². The average Bonchev–Trinajstić information content (AvgIpc) is 3.48. The molecule has 0 unspecified atom stereocenters. The van der Waals surface area contributed by atoms with Crippen LogP contribution in [0.2, 0.25) is 0 Å². The molecule has 1 aromatic heterocycles. The summed E-state index contributed by atoms with van der Waals surface area (Å²) in [6.07, 6.45) is 4.32. The number of ketones is 1. The second-order valence-corrected chi connectivity index (χ2v) is 9.01. The number of carbonyl (C=O) groups excluding carboxylic acids is 4. The van der Waals surface area contributed by atoms with Gasteiger partial charge < -0.3 is 26.0 Å². The van der Waals surface area contributed by atoms with Crippen molar-refractivity contribution in [2.75, 3.05) is 19.7 Å². The first-order chi connectivity index (χ1) is 16.7. The summed E-state index contributed by atoms with van der Waals surface area (Å²) in [6.45, 7) is 1.52. The van der Waals surface area contributed by atoms with Gasteiger partial charge in [0, 0.05) is 23.9 Å². The first-order valence-electron chi connectivity index (χ1n) is 11.6. The van der Waals surface area contributed by atoms with Gasteiger partial charge >= 0.3 is 0 Å². The number of aromatic amines is 1. The molecular weight excluding hydrogens is 462 g/mol. The normalized spacial score (nSPS) is 18.2. The number of hydrogen-bond acceptors (Lipinski definition) is 5. The van der Waals surface area contributed by atoms with Crippen LogP contribution < -0.4 is 16.0 Å². The van der Waals surface area contributed by atoms with Gasteiger partial charge in [-0.1, -0.05) is 19.8 Å². The smallest absolute Gasteiger partial charge is 0.268 e. The first-order valence-corrected chi connectivity index (χ1v) is 11.6. The number of piperidine rings is 1. The molecule has 5 N–H and O–H groups in total. The fraction of sp³-hybridized carbons (Fsp3) is 0.500. The molecular formula is C24H30F2N4O5. The highest BCUT2D eigenvalue weighted by atomic mass is 19.1. The van der Waals surface area contributed by atoms with Gasteiger partial charge in [0.1, 0.15) is 23.9 Å². The van der Waals surface area contributed by atoms with Crippen molar-refractivity contribution in [3.05, 3.63) is 35.5 Å². The van der Waals surface area contributed by atoms with Gasteiger partial charge in [-0.2, -0.15) is 0 Å². The summed E-state index contributed by atoms with van der Waals surface area (Å²) in [7, 11) is 0. The lowest BCUT2D eigenvalue weighted by molar-refractivity contribution is -0.131. The van der Waals surface area contributed by atoms with Crippen molar-refractivity contribution in [3.8, 4) is 0 Å². The van der Waals surface area contributed by atoms with Crippen molar-refractivity contribution in [1.29, 1.82) is 0 Å². The molecule has 0 spiro atoms. The predicted molar refractivity (Wildman–Crippen MR) is 123 cm³/mol. The van der Waals surface area contributed by atoms with Crippen LogP contribution in [0.25, 0.3) is 10.9 Å². The minimum absolute atomic E-state index is 0.0395. The second kappa shape index (κ2) is 11.9. The lowest BCUT2D eigenvalue weighted by Gasteiger charge is -2.26. The number of benzene rings is 1. The molecule has 1 aliphatic carbocycles. The summed E-state index contributed by atoms with van der Waals surface area (Å²) in [5, 5.41) is 16.7. The Labute approximate surface area is 201 Å². The molecule has 1 aromatic carbocycles. The zero-order valence-electron chi connectivity index (χ0n) is 19.5. The zero-order chi connectivity index (χ0) is 25.5. The number of rotatable bonds is 8. The largest absolute Gasteiger partial charge is 0.389 e. The summed E-state index contributed by atoms with van der Waals surface area (Å²) in [4.78, 5) is 50.9. The van der Waals surface area contributed by atoms with Gasteiger partial charge in [-0.15, -0.1) is 0 Å². The Morgan fingerprint density at radius 2 is 1.89 bits per heavy atom. The standard InChI is InChI=1S/C20H22F2N4O5.C4H8/c21-12-4-11-6-15(26-18(11)13(22)7-12)20(31)24-8-17(29)25-14(16(28)9-27)5-10-2-1-3-23-19(10)30;1-4-2-3-4/h4,6-7,10,14,26-27H,1-3,5,8-9H2,(H,23,30)(H,24,31)(H,25,29);4H,2-3H2,1H3/t10-,14-;/m0./s1. The molecule has 2 heterocycles. The van der Waals surface area contributed by atoms with Crippen LogP contribution in [0.15, 0.2) is 18.2 Å². The molecule has 4 rings (SSSR count). The van der Waals surface area contributed by atoms with Crippen molar-refractivity contribution in [2.45, 2.75) is 45.1 Å². The molecule has 1 saturated heterocycles. The number of H-pyrrole nitrogens is 1. The number of aliphatic hydroxyl groups is 1. The Morgan fingerprint density at radius 3 is 2.51 bits per heavy atom. The fourth-order valence-electron chi connectivity index (χ4n) is 3.68. The number of hydrogen-bond donors (Lipinski definition) is 5. The van der Waals surface area contributed by atoms with Crippen LogP contribution in [0, 0.1) is 23.5 Å². The maximum Gasteiger partial charge on any atom is 0.268 e. The highest BCUT2D eigenvalue weighted by Gasteiger charge is 2.29.